The second-order valence-corrected chi connectivity index (χ2v) is 7.10. The molecule has 0 aromatic heterocycles. The molecule has 130 valence electrons. The molecule has 9 heteroatoms. The molecule has 0 unspecified atom stereocenters. The molecular formula is C15H19N3O5S. The summed E-state index contributed by atoms with van der Waals surface area (Å²) in [5.41, 5.74) is 0.441. The van der Waals surface area contributed by atoms with E-state index >= 15 is 0 Å². The number of nitro benzene ring substituents is 1. The Morgan fingerprint density at radius 2 is 2.08 bits per heavy atom. The zero-order valence-electron chi connectivity index (χ0n) is 13.4. The van der Waals surface area contributed by atoms with Gasteiger partial charge in [-0.3, -0.25) is 19.8 Å². The number of para-hydroxylation sites is 1. The van der Waals surface area contributed by atoms with E-state index in [1.165, 1.54) is 11.0 Å². The molecule has 1 saturated heterocycles. The molecule has 0 aliphatic carbocycles. The van der Waals surface area contributed by atoms with Crippen LogP contribution in [-0.4, -0.2) is 63.3 Å². The van der Waals surface area contributed by atoms with Crippen molar-refractivity contribution in [2.24, 2.45) is 0 Å². The van der Waals surface area contributed by atoms with Crippen LogP contribution in [-0.2, 0) is 11.2 Å². The molecule has 1 aliphatic rings. The van der Waals surface area contributed by atoms with E-state index in [2.05, 4.69) is 12.6 Å². The zero-order chi connectivity index (χ0) is 18.1. The normalized spacial score (nSPS) is 23.1. The second kappa shape index (κ2) is 6.68. The Bertz CT molecular complexity index is 681. The third kappa shape index (κ3) is 3.61. The average Bonchev–Trinajstić information content (AvgIpc) is 2.84. The van der Waals surface area contributed by atoms with E-state index in [1.807, 2.05) is 0 Å². The number of hydrogen-bond donors (Lipinski definition) is 2. The predicted octanol–water partition coefficient (Wildman–Crippen LogP) is 1.65. The van der Waals surface area contributed by atoms with Crippen LogP contribution in [0.4, 0.5) is 10.5 Å². The first-order valence-electron chi connectivity index (χ1n) is 7.30. The molecule has 0 radical (unpaired) electrons. The van der Waals surface area contributed by atoms with E-state index < -0.39 is 21.8 Å². The van der Waals surface area contributed by atoms with Crippen LogP contribution >= 0.6 is 12.6 Å². The second-order valence-electron chi connectivity index (χ2n) is 6.15. The van der Waals surface area contributed by atoms with E-state index in [0.29, 0.717) is 5.56 Å². The van der Waals surface area contributed by atoms with Crippen LogP contribution in [0.25, 0.3) is 0 Å². The number of carbonyl (C=O) groups is 2. The highest BCUT2D eigenvalue weighted by atomic mass is 32.1. The lowest BCUT2D eigenvalue weighted by Crippen LogP contribution is -2.44. The highest BCUT2D eigenvalue weighted by molar-refractivity contribution is 7.81. The number of carbonyl (C=O) groups excluding carboxylic acids is 1. The van der Waals surface area contributed by atoms with E-state index in [9.17, 15) is 24.8 Å². The molecule has 0 saturated carbocycles. The molecule has 2 rings (SSSR count). The molecule has 2 amide bonds. The molecule has 1 N–H and O–H groups in total. The Hall–Kier alpha value is -2.29. The van der Waals surface area contributed by atoms with Crippen molar-refractivity contribution in [2.75, 3.05) is 20.6 Å². The quantitative estimate of drug-likeness (QED) is 0.486. The molecule has 0 spiro atoms. The number of likely N-dealkylation sites (N-methyl/N-ethyl adjacent to an activating group) is 1. The minimum atomic E-state index is -1.20. The summed E-state index contributed by atoms with van der Waals surface area (Å²) in [6.45, 7) is 0.0295. The van der Waals surface area contributed by atoms with Crippen LogP contribution in [0.2, 0.25) is 0 Å². The molecule has 1 fully saturated rings. The Kier molecular flexibility index (Phi) is 5.02. The number of nitro groups is 1. The maximum atomic E-state index is 12.3. The average molecular weight is 353 g/mol. The fraction of sp³-hybridized carbons (Fsp3) is 0.467. The van der Waals surface area contributed by atoms with Gasteiger partial charge in [-0.15, -0.1) is 0 Å². The van der Waals surface area contributed by atoms with E-state index in [1.54, 1.807) is 32.3 Å². The Balaban J connectivity index is 2.29. The van der Waals surface area contributed by atoms with Gasteiger partial charge in [-0.1, -0.05) is 18.2 Å². The fourth-order valence-electron chi connectivity index (χ4n) is 3.00. The van der Waals surface area contributed by atoms with Crippen molar-refractivity contribution in [1.29, 1.82) is 0 Å². The maximum absolute atomic E-state index is 12.3. The molecule has 1 heterocycles. The molecule has 1 aliphatic heterocycles. The van der Waals surface area contributed by atoms with Crippen molar-refractivity contribution >= 4 is 30.3 Å². The number of thiol groups is 1. The zero-order valence-corrected chi connectivity index (χ0v) is 14.3. The number of nitrogens with zero attached hydrogens (tertiary/aromatic N) is 3. The van der Waals surface area contributed by atoms with Crippen molar-refractivity contribution in [3.05, 3.63) is 39.9 Å². The molecule has 0 bridgehead atoms. The van der Waals surface area contributed by atoms with Crippen LogP contribution in [0, 0.1) is 10.1 Å². The minimum Gasteiger partial charge on any atom is -0.465 e. The molecule has 2 atom stereocenters. The molecule has 8 nitrogen and oxygen atoms in total. The maximum Gasteiger partial charge on any atom is 0.408 e. The summed E-state index contributed by atoms with van der Waals surface area (Å²) >= 11 is 4.59. The van der Waals surface area contributed by atoms with Gasteiger partial charge in [0.15, 0.2) is 0 Å². The Morgan fingerprint density at radius 1 is 1.46 bits per heavy atom. The number of rotatable bonds is 4. The van der Waals surface area contributed by atoms with Crippen molar-refractivity contribution in [3.8, 4) is 0 Å². The van der Waals surface area contributed by atoms with Crippen LogP contribution < -0.4 is 0 Å². The third-order valence-corrected chi connectivity index (χ3v) is 4.58. The van der Waals surface area contributed by atoms with Crippen LogP contribution in [0.3, 0.4) is 0 Å². The standard InChI is InChI=1S/C15H19N3O5S/c1-16(2)13(19)12-8-15(24,9-17(12)14(20)21)7-10-5-3-4-6-11(10)18(22)23/h3-6,12,24H,7-9H2,1-2H3,(H,20,21)/t12-,15-/m0/s1. The first kappa shape index (κ1) is 18.1. The first-order valence-corrected chi connectivity index (χ1v) is 7.75. The van der Waals surface area contributed by atoms with Gasteiger partial charge in [0.2, 0.25) is 5.91 Å². The lowest BCUT2D eigenvalue weighted by atomic mass is 9.94. The number of hydrogen-bond acceptors (Lipinski definition) is 5. The van der Waals surface area contributed by atoms with E-state index in [0.717, 1.165) is 4.90 Å². The van der Waals surface area contributed by atoms with Gasteiger partial charge in [0, 0.05) is 37.0 Å². The number of likely N-dealkylation sites (tertiary alicyclic amines) is 1. The van der Waals surface area contributed by atoms with Gasteiger partial charge in [0.25, 0.3) is 5.69 Å². The molecule has 1 aromatic carbocycles. The summed E-state index contributed by atoms with van der Waals surface area (Å²) in [5.74, 6) is -0.323. The van der Waals surface area contributed by atoms with Crippen LogP contribution in [0.5, 0.6) is 0 Å². The predicted molar refractivity (Wildman–Crippen MR) is 90.3 cm³/mol. The van der Waals surface area contributed by atoms with Gasteiger partial charge in [0.1, 0.15) is 6.04 Å². The first-order chi connectivity index (χ1) is 11.1. The molecule has 24 heavy (non-hydrogen) atoms. The van der Waals surface area contributed by atoms with Crippen LogP contribution in [0.1, 0.15) is 12.0 Å². The van der Waals surface area contributed by atoms with E-state index in [-0.39, 0.29) is 31.0 Å². The third-order valence-electron chi connectivity index (χ3n) is 4.09. The van der Waals surface area contributed by atoms with Gasteiger partial charge < -0.3 is 10.0 Å². The SMILES string of the molecule is CN(C)C(=O)[C@@H]1C[C@@](S)(Cc2ccccc2[N+](=O)[O-])CN1C(=O)O. The fourth-order valence-corrected chi connectivity index (χ4v) is 3.50. The Labute approximate surface area is 144 Å². The highest BCUT2D eigenvalue weighted by Crippen LogP contribution is 2.38. The van der Waals surface area contributed by atoms with E-state index in [4.69, 9.17) is 0 Å². The number of amides is 2. The molecular weight excluding hydrogens is 334 g/mol. The molecule has 1 aromatic rings. The van der Waals surface area contributed by atoms with Crippen molar-refractivity contribution in [1.82, 2.24) is 9.80 Å². The van der Waals surface area contributed by atoms with Crippen molar-refractivity contribution in [2.45, 2.75) is 23.6 Å². The number of carboxylic acid groups (broad SMARTS) is 1. The van der Waals surface area contributed by atoms with Gasteiger partial charge in [0.05, 0.1) is 4.92 Å². The lowest BCUT2D eigenvalue weighted by Gasteiger charge is -2.23. The number of benzene rings is 1. The monoisotopic (exact) mass is 353 g/mol. The summed E-state index contributed by atoms with van der Waals surface area (Å²) < 4.78 is -0.846. The largest absolute Gasteiger partial charge is 0.465 e. The van der Waals surface area contributed by atoms with Gasteiger partial charge in [-0.2, -0.15) is 12.6 Å². The van der Waals surface area contributed by atoms with Crippen molar-refractivity contribution in [3.63, 3.8) is 0 Å². The summed E-state index contributed by atoms with van der Waals surface area (Å²) in [5, 5.41) is 20.5. The summed E-state index contributed by atoms with van der Waals surface area (Å²) in [6.07, 6.45) is -0.798. The van der Waals surface area contributed by atoms with Crippen LogP contribution in [0.15, 0.2) is 24.3 Å². The minimum absolute atomic E-state index is 0.0295. The van der Waals surface area contributed by atoms with Gasteiger partial charge in [-0.05, 0) is 12.8 Å². The smallest absolute Gasteiger partial charge is 0.408 e. The summed E-state index contributed by atoms with van der Waals surface area (Å²) in [4.78, 5) is 36.8. The Morgan fingerprint density at radius 3 is 2.62 bits per heavy atom. The van der Waals surface area contributed by atoms with Gasteiger partial charge >= 0.3 is 6.09 Å². The topological polar surface area (TPSA) is 104 Å². The van der Waals surface area contributed by atoms with Crippen molar-refractivity contribution < 1.29 is 19.6 Å². The highest BCUT2D eigenvalue weighted by Gasteiger charge is 2.48. The van der Waals surface area contributed by atoms with Gasteiger partial charge in [-0.25, -0.2) is 4.79 Å². The summed E-state index contributed by atoms with van der Waals surface area (Å²) in [7, 11) is 3.12. The summed E-state index contributed by atoms with van der Waals surface area (Å²) in [6, 6.07) is 5.45. The lowest BCUT2D eigenvalue weighted by molar-refractivity contribution is -0.385.